The fourth-order valence-electron chi connectivity index (χ4n) is 1.85. The number of nitrogens with zero attached hydrogens (tertiary/aromatic N) is 1. The third kappa shape index (κ3) is 3.87. The number of methoxy groups -OCH3 is 1. The molecule has 0 aliphatic carbocycles. The summed E-state index contributed by atoms with van der Waals surface area (Å²) >= 11 is 0. The van der Waals surface area contributed by atoms with E-state index in [4.69, 9.17) is 4.74 Å². The van der Waals surface area contributed by atoms with Crippen LogP contribution in [-0.2, 0) is 14.3 Å². The smallest absolute Gasteiger partial charge is 0.411 e. The first-order valence-corrected chi connectivity index (χ1v) is 6.00. The molecule has 0 aromatic rings. The number of aliphatic hydroxyl groups excluding tert-OH is 1. The summed E-state index contributed by atoms with van der Waals surface area (Å²) in [4.78, 5) is 24.9. The number of esters is 1. The highest BCUT2D eigenvalue weighted by Gasteiger charge is 2.38. The SMILES string of the molecule is COC(=O)[C@@H]1C[C@@H](O)CCN1C(=O)OC(C)(C)C. The molecule has 1 heterocycles. The zero-order chi connectivity index (χ0) is 13.9. The van der Waals surface area contributed by atoms with Crippen molar-refractivity contribution in [3.8, 4) is 0 Å². The molecule has 6 heteroatoms. The van der Waals surface area contributed by atoms with Crippen molar-refractivity contribution in [2.24, 2.45) is 0 Å². The van der Waals surface area contributed by atoms with Crippen LogP contribution >= 0.6 is 0 Å². The average molecular weight is 259 g/mol. The van der Waals surface area contributed by atoms with Crippen LogP contribution in [0.5, 0.6) is 0 Å². The van der Waals surface area contributed by atoms with Gasteiger partial charge >= 0.3 is 12.1 Å². The average Bonchev–Trinajstić information content (AvgIpc) is 2.25. The lowest BCUT2D eigenvalue weighted by atomic mass is 10.00. The molecule has 6 nitrogen and oxygen atoms in total. The first kappa shape index (κ1) is 14.8. The van der Waals surface area contributed by atoms with E-state index < -0.39 is 29.8 Å². The molecule has 0 bridgehead atoms. The van der Waals surface area contributed by atoms with Gasteiger partial charge in [0.1, 0.15) is 11.6 Å². The summed E-state index contributed by atoms with van der Waals surface area (Å²) in [6, 6.07) is -0.770. The number of amides is 1. The van der Waals surface area contributed by atoms with Crippen molar-refractivity contribution >= 4 is 12.1 Å². The standard InChI is InChI=1S/C12H21NO5/c1-12(2,3)18-11(16)13-6-5-8(14)7-9(13)10(15)17-4/h8-9,14H,5-7H2,1-4H3/t8-,9-/m0/s1. The molecule has 1 aliphatic rings. The number of aliphatic hydroxyl groups is 1. The summed E-state index contributed by atoms with van der Waals surface area (Å²) in [5.74, 6) is -0.528. The Bertz CT molecular complexity index is 323. The van der Waals surface area contributed by atoms with Gasteiger partial charge in [-0.15, -0.1) is 0 Å². The lowest BCUT2D eigenvalue weighted by Gasteiger charge is -2.36. The first-order valence-electron chi connectivity index (χ1n) is 6.00. The monoisotopic (exact) mass is 259 g/mol. The van der Waals surface area contributed by atoms with Gasteiger partial charge in [0.15, 0.2) is 0 Å². The van der Waals surface area contributed by atoms with Gasteiger partial charge in [0, 0.05) is 13.0 Å². The summed E-state index contributed by atoms with van der Waals surface area (Å²) in [6.45, 7) is 5.57. The Kier molecular flexibility index (Phi) is 4.56. The van der Waals surface area contributed by atoms with Gasteiger partial charge in [0.2, 0.25) is 0 Å². The Hall–Kier alpha value is -1.30. The largest absolute Gasteiger partial charge is 0.467 e. The van der Waals surface area contributed by atoms with E-state index in [0.29, 0.717) is 6.42 Å². The molecule has 0 aromatic carbocycles. The van der Waals surface area contributed by atoms with Crippen molar-refractivity contribution in [2.45, 2.75) is 51.4 Å². The zero-order valence-corrected chi connectivity index (χ0v) is 11.3. The number of hydrogen-bond acceptors (Lipinski definition) is 5. The van der Waals surface area contributed by atoms with E-state index in [0.717, 1.165) is 0 Å². The predicted octanol–water partition coefficient (Wildman–Crippen LogP) is 0.920. The highest BCUT2D eigenvalue weighted by Crippen LogP contribution is 2.21. The summed E-state index contributed by atoms with van der Waals surface area (Å²) in [6.07, 6.45) is -0.517. The molecule has 0 aromatic heterocycles. The van der Waals surface area contributed by atoms with Crippen LogP contribution in [0.2, 0.25) is 0 Å². The van der Waals surface area contributed by atoms with Crippen LogP contribution < -0.4 is 0 Å². The predicted molar refractivity (Wildman–Crippen MR) is 64.0 cm³/mol. The van der Waals surface area contributed by atoms with Gasteiger partial charge in [-0.2, -0.15) is 0 Å². The summed E-state index contributed by atoms with van der Waals surface area (Å²) in [5.41, 5.74) is -0.617. The van der Waals surface area contributed by atoms with Gasteiger partial charge in [-0.25, -0.2) is 9.59 Å². The molecule has 0 unspecified atom stereocenters. The minimum Gasteiger partial charge on any atom is -0.467 e. The highest BCUT2D eigenvalue weighted by atomic mass is 16.6. The van der Waals surface area contributed by atoms with E-state index >= 15 is 0 Å². The highest BCUT2D eigenvalue weighted by molar-refractivity contribution is 5.81. The number of carbonyl (C=O) groups excluding carboxylic acids is 2. The molecule has 1 N–H and O–H groups in total. The van der Waals surface area contributed by atoms with Crippen molar-refractivity contribution in [2.75, 3.05) is 13.7 Å². The van der Waals surface area contributed by atoms with Crippen LogP contribution in [0, 0.1) is 0 Å². The molecule has 1 amide bonds. The maximum Gasteiger partial charge on any atom is 0.411 e. The van der Waals surface area contributed by atoms with Gasteiger partial charge < -0.3 is 14.6 Å². The second-order valence-corrected chi connectivity index (χ2v) is 5.39. The van der Waals surface area contributed by atoms with Crippen molar-refractivity contribution in [1.82, 2.24) is 4.90 Å². The fraction of sp³-hybridized carbons (Fsp3) is 0.833. The van der Waals surface area contributed by atoms with E-state index in [1.807, 2.05) is 0 Å². The van der Waals surface area contributed by atoms with E-state index in [1.165, 1.54) is 12.0 Å². The Morgan fingerprint density at radius 3 is 2.44 bits per heavy atom. The van der Waals surface area contributed by atoms with Crippen molar-refractivity contribution in [3.63, 3.8) is 0 Å². The van der Waals surface area contributed by atoms with Crippen LogP contribution in [0.25, 0.3) is 0 Å². The lowest BCUT2D eigenvalue weighted by Crippen LogP contribution is -2.53. The Morgan fingerprint density at radius 1 is 1.33 bits per heavy atom. The number of piperidine rings is 1. The van der Waals surface area contributed by atoms with Gasteiger partial charge in [0.25, 0.3) is 0 Å². The third-order valence-corrected chi connectivity index (χ3v) is 2.68. The van der Waals surface area contributed by atoms with Gasteiger partial charge in [0.05, 0.1) is 13.2 Å². The van der Waals surface area contributed by atoms with E-state index in [2.05, 4.69) is 4.74 Å². The van der Waals surface area contributed by atoms with Crippen LogP contribution in [0.4, 0.5) is 4.79 Å². The number of likely N-dealkylation sites (tertiary alicyclic amines) is 1. The molecule has 1 aliphatic heterocycles. The summed E-state index contributed by atoms with van der Waals surface area (Å²) in [5, 5.41) is 9.57. The van der Waals surface area contributed by atoms with Gasteiger partial charge in [-0.1, -0.05) is 0 Å². The number of rotatable bonds is 1. The molecule has 0 saturated carbocycles. The molecule has 104 valence electrons. The number of ether oxygens (including phenoxy) is 2. The summed E-state index contributed by atoms with van der Waals surface area (Å²) in [7, 11) is 1.26. The van der Waals surface area contributed by atoms with E-state index in [9.17, 15) is 14.7 Å². The normalized spacial score (nSPS) is 24.6. The Morgan fingerprint density at radius 2 is 1.94 bits per heavy atom. The summed E-state index contributed by atoms with van der Waals surface area (Å²) < 4.78 is 9.88. The molecule has 1 fully saturated rings. The van der Waals surface area contributed by atoms with Crippen LogP contribution in [0.15, 0.2) is 0 Å². The fourth-order valence-corrected chi connectivity index (χ4v) is 1.85. The van der Waals surface area contributed by atoms with Crippen LogP contribution in [-0.4, -0.2) is 53.5 Å². The first-order chi connectivity index (χ1) is 8.24. The molecule has 1 saturated heterocycles. The van der Waals surface area contributed by atoms with Crippen molar-refractivity contribution in [1.29, 1.82) is 0 Å². The van der Waals surface area contributed by atoms with Gasteiger partial charge in [-0.05, 0) is 27.2 Å². The minimum atomic E-state index is -0.770. The van der Waals surface area contributed by atoms with Crippen LogP contribution in [0.1, 0.15) is 33.6 Å². The molecular weight excluding hydrogens is 238 g/mol. The molecule has 0 radical (unpaired) electrons. The second kappa shape index (κ2) is 5.56. The van der Waals surface area contributed by atoms with Crippen LogP contribution in [0.3, 0.4) is 0 Å². The maximum atomic E-state index is 12.0. The molecular formula is C12H21NO5. The van der Waals surface area contributed by atoms with Crippen molar-refractivity contribution < 1.29 is 24.2 Å². The Balaban J connectivity index is 2.77. The molecule has 2 atom stereocenters. The molecule has 0 spiro atoms. The topological polar surface area (TPSA) is 76.1 Å². The maximum absolute atomic E-state index is 12.0. The lowest BCUT2D eigenvalue weighted by molar-refractivity contribution is -0.149. The van der Waals surface area contributed by atoms with E-state index in [1.54, 1.807) is 20.8 Å². The van der Waals surface area contributed by atoms with E-state index in [-0.39, 0.29) is 13.0 Å². The Labute approximate surface area is 107 Å². The number of hydrogen-bond donors (Lipinski definition) is 1. The quantitative estimate of drug-likeness (QED) is 0.709. The zero-order valence-electron chi connectivity index (χ0n) is 11.3. The third-order valence-electron chi connectivity index (χ3n) is 2.68. The molecule has 18 heavy (non-hydrogen) atoms. The second-order valence-electron chi connectivity index (χ2n) is 5.39. The number of carbonyl (C=O) groups is 2. The minimum absolute atomic E-state index is 0.186. The van der Waals surface area contributed by atoms with Crippen molar-refractivity contribution in [3.05, 3.63) is 0 Å². The molecule has 1 rings (SSSR count). The van der Waals surface area contributed by atoms with Gasteiger partial charge in [-0.3, -0.25) is 4.90 Å².